The van der Waals surface area contributed by atoms with E-state index in [2.05, 4.69) is 0 Å². The van der Waals surface area contributed by atoms with Crippen molar-refractivity contribution in [1.29, 1.82) is 0 Å². The lowest BCUT2D eigenvalue weighted by Gasteiger charge is -1.96. The van der Waals surface area contributed by atoms with Crippen molar-refractivity contribution < 1.29 is 0 Å². The van der Waals surface area contributed by atoms with Gasteiger partial charge in [-0.1, -0.05) is 29.8 Å². The minimum Gasteiger partial charge on any atom is -0.402 e. The van der Waals surface area contributed by atoms with Gasteiger partial charge in [-0.2, -0.15) is 0 Å². The molecule has 11 heavy (non-hydrogen) atoms. The lowest BCUT2D eigenvalue weighted by molar-refractivity contribution is 1.34. The number of hydrogen-bond acceptors (Lipinski definition) is 1. The van der Waals surface area contributed by atoms with Crippen LogP contribution in [0.4, 0.5) is 0 Å². The van der Waals surface area contributed by atoms with Crippen LogP contribution >= 0.6 is 11.6 Å². The number of nitrogens with two attached hydrogens (primary N) is 1. The maximum atomic E-state index is 5.87. The van der Waals surface area contributed by atoms with Crippen LogP contribution < -0.4 is 5.73 Å². The summed E-state index contributed by atoms with van der Waals surface area (Å²) in [7, 11) is 0. The summed E-state index contributed by atoms with van der Waals surface area (Å²) < 4.78 is 0. The summed E-state index contributed by atoms with van der Waals surface area (Å²) in [5.41, 5.74) is 7.22. The predicted molar refractivity (Wildman–Crippen MR) is 49.3 cm³/mol. The van der Waals surface area contributed by atoms with Crippen molar-refractivity contribution in [1.82, 2.24) is 0 Å². The largest absolute Gasteiger partial charge is 0.402 e. The molecule has 0 aromatic heterocycles. The van der Waals surface area contributed by atoms with E-state index >= 15 is 0 Å². The Bertz CT molecular complexity index is 275. The van der Waals surface area contributed by atoms with Gasteiger partial charge in [-0.25, -0.2) is 0 Å². The summed E-state index contributed by atoms with van der Waals surface area (Å²) in [6.07, 6.45) is 1.85. The van der Waals surface area contributed by atoms with Crippen LogP contribution in [0, 0.1) is 0 Å². The van der Waals surface area contributed by atoms with Crippen molar-refractivity contribution in [2.45, 2.75) is 6.92 Å². The molecule has 1 aromatic carbocycles. The van der Waals surface area contributed by atoms with Crippen LogP contribution in [-0.2, 0) is 0 Å². The monoisotopic (exact) mass is 167 g/mol. The third-order valence-corrected chi connectivity index (χ3v) is 1.63. The Balaban J connectivity index is 3.04. The topological polar surface area (TPSA) is 26.0 Å². The van der Waals surface area contributed by atoms with E-state index < -0.39 is 0 Å². The molecular formula is C9H10ClN. The summed E-state index contributed by atoms with van der Waals surface area (Å²) in [4.78, 5) is 0. The fourth-order valence-corrected chi connectivity index (χ4v) is 1.03. The Labute approximate surface area is 71.5 Å². The van der Waals surface area contributed by atoms with Crippen LogP contribution in [-0.4, -0.2) is 0 Å². The molecule has 0 bridgehead atoms. The lowest BCUT2D eigenvalue weighted by Crippen LogP contribution is -1.89. The average Bonchev–Trinajstić information content (AvgIpc) is 1.93. The van der Waals surface area contributed by atoms with Gasteiger partial charge < -0.3 is 5.73 Å². The Morgan fingerprint density at radius 1 is 1.45 bits per heavy atom. The zero-order valence-corrected chi connectivity index (χ0v) is 7.10. The molecule has 0 radical (unpaired) electrons. The first-order valence-corrected chi connectivity index (χ1v) is 3.76. The van der Waals surface area contributed by atoms with Gasteiger partial charge >= 0.3 is 0 Å². The van der Waals surface area contributed by atoms with Crippen molar-refractivity contribution in [2.75, 3.05) is 0 Å². The minimum atomic E-state index is 0.734. The summed E-state index contributed by atoms with van der Waals surface area (Å²) in [5.74, 6) is 0. The summed E-state index contributed by atoms with van der Waals surface area (Å²) in [5, 5.41) is 0.734. The number of allylic oxidation sites excluding steroid dienone is 1. The van der Waals surface area contributed by atoms with Gasteiger partial charge in [0.2, 0.25) is 0 Å². The summed E-state index contributed by atoms with van der Waals surface area (Å²) >= 11 is 5.87. The molecule has 0 aliphatic rings. The van der Waals surface area contributed by atoms with E-state index in [0.717, 1.165) is 16.3 Å². The van der Waals surface area contributed by atoms with E-state index in [0.29, 0.717) is 0 Å². The Morgan fingerprint density at radius 3 is 2.64 bits per heavy atom. The maximum Gasteiger partial charge on any atom is 0.0479 e. The highest BCUT2D eigenvalue weighted by molar-refractivity contribution is 6.32. The second-order valence-electron chi connectivity index (χ2n) is 2.41. The van der Waals surface area contributed by atoms with Crippen LogP contribution in [0.5, 0.6) is 0 Å². The molecule has 0 amide bonds. The first-order valence-electron chi connectivity index (χ1n) is 3.38. The van der Waals surface area contributed by atoms with Gasteiger partial charge in [-0.3, -0.25) is 0 Å². The molecule has 1 nitrogen and oxygen atoms in total. The minimum absolute atomic E-state index is 0.734. The molecule has 0 saturated heterocycles. The SMILES string of the molecule is CC(N)=Cc1ccccc1Cl. The molecule has 0 aliphatic heterocycles. The highest BCUT2D eigenvalue weighted by Crippen LogP contribution is 2.16. The third-order valence-electron chi connectivity index (χ3n) is 1.29. The number of halogens is 1. The van der Waals surface area contributed by atoms with Crippen molar-refractivity contribution >= 4 is 17.7 Å². The van der Waals surface area contributed by atoms with Gasteiger partial charge in [-0.05, 0) is 24.6 Å². The Morgan fingerprint density at radius 2 is 2.09 bits per heavy atom. The molecule has 0 atom stereocenters. The predicted octanol–water partition coefficient (Wildman–Crippen LogP) is 2.66. The summed E-state index contributed by atoms with van der Waals surface area (Å²) in [6.45, 7) is 1.84. The second-order valence-corrected chi connectivity index (χ2v) is 2.82. The summed E-state index contributed by atoms with van der Waals surface area (Å²) in [6, 6.07) is 7.60. The fraction of sp³-hybridized carbons (Fsp3) is 0.111. The number of benzene rings is 1. The molecule has 2 heteroatoms. The van der Waals surface area contributed by atoms with Crippen LogP contribution in [0.25, 0.3) is 6.08 Å². The molecule has 58 valence electrons. The van der Waals surface area contributed by atoms with E-state index in [9.17, 15) is 0 Å². The molecule has 0 unspecified atom stereocenters. The molecule has 0 aliphatic carbocycles. The normalized spacial score (nSPS) is 11.6. The van der Waals surface area contributed by atoms with Crippen molar-refractivity contribution in [3.63, 3.8) is 0 Å². The van der Waals surface area contributed by atoms with Crippen LogP contribution in [0.1, 0.15) is 12.5 Å². The van der Waals surface area contributed by atoms with Gasteiger partial charge in [0.1, 0.15) is 0 Å². The first kappa shape index (κ1) is 8.15. The third kappa shape index (κ3) is 2.28. The molecule has 0 fully saturated rings. The molecule has 1 rings (SSSR count). The molecule has 2 N–H and O–H groups in total. The van der Waals surface area contributed by atoms with E-state index in [1.54, 1.807) is 0 Å². The molecule has 0 heterocycles. The smallest absolute Gasteiger partial charge is 0.0479 e. The van der Waals surface area contributed by atoms with Gasteiger partial charge in [0.15, 0.2) is 0 Å². The highest BCUT2D eigenvalue weighted by atomic mass is 35.5. The molecule has 1 aromatic rings. The van der Waals surface area contributed by atoms with Crippen LogP contribution in [0.3, 0.4) is 0 Å². The average molecular weight is 168 g/mol. The van der Waals surface area contributed by atoms with Gasteiger partial charge in [0, 0.05) is 10.7 Å². The van der Waals surface area contributed by atoms with Crippen LogP contribution in [0.15, 0.2) is 30.0 Å². The first-order chi connectivity index (χ1) is 5.20. The van der Waals surface area contributed by atoms with E-state index in [1.807, 2.05) is 37.3 Å². The van der Waals surface area contributed by atoms with E-state index in [-0.39, 0.29) is 0 Å². The maximum absolute atomic E-state index is 5.87. The molecule has 0 saturated carbocycles. The van der Waals surface area contributed by atoms with Crippen molar-refractivity contribution in [2.24, 2.45) is 5.73 Å². The van der Waals surface area contributed by atoms with Gasteiger partial charge in [0.05, 0.1) is 0 Å². The Hall–Kier alpha value is -0.950. The zero-order valence-electron chi connectivity index (χ0n) is 6.34. The van der Waals surface area contributed by atoms with Crippen molar-refractivity contribution in [3.05, 3.63) is 40.5 Å². The standard InChI is InChI=1S/C9H10ClN/c1-7(11)6-8-4-2-3-5-9(8)10/h2-6H,11H2,1H3. The number of rotatable bonds is 1. The van der Waals surface area contributed by atoms with Crippen molar-refractivity contribution in [3.8, 4) is 0 Å². The molecular weight excluding hydrogens is 158 g/mol. The van der Waals surface area contributed by atoms with E-state index in [4.69, 9.17) is 17.3 Å². The molecule has 0 spiro atoms. The van der Waals surface area contributed by atoms with E-state index in [1.165, 1.54) is 0 Å². The second kappa shape index (κ2) is 3.44. The Kier molecular flexibility index (Phi) is 2.55. The lowest BCUT2D eigenvalue weighted by atomic mass is 10.2. The highest BCUT2D eigenvalue weighted by Gasteiger charge is 1.92. The zero-order chi connectivity index (χ0) is 8.27. The number of hydrogen-bond donors (Lipinski definition) is 1. The fourth-order valence-electron chi connectivity index (χ4n) is 0.837. The van der Waals surface area contributed by atoms with Crippen LogP contribution in [0.2, 0.25) is 5.02 Å². The van der Waals surface area contributed by atoms with Gasteiger partial charge in [-0.15, -0.1) is 0 Å². The quantitative estimate of drug-likeness (QED) is 0.684. The van der Waals surface area contributed by atoms with Gasteiger partial charge in [0.25, 0.3) is 0 Å².